The Kier molecular flexibility index (Phi) is 5.51. The molecule has 2 aliphatic heterocycles. The summed E-state index contributed by atoms with van der Waals surface area (Å²) in [5.74, 6) is 0.403. The van der Waals surface area contributed by atoms with Gasteiger partial charge in [0.2, 0.25) is 5.91 Å². The summed E-state index contributed by atoms with van der Waals surface area (Å²) in [7, 11) is 0. The molecule has 0 atom stereocenters. The summed E-state index contributed by atoms with van der Waals surface area (Å²) in [6.07, 6.45) is 11.4. The number of carbonyl (C=O) groups is 1. The Balaban J connectivity index is 0.994. The lowest BCUT2D eigenvalue weighted by Gasteiger charge is -2.53. The summed E-state index contributed by atoms with van der Waals surface area (Å²) >= 11 is 0. The zero-order valence-electron chi connectivity index (χ0n) is 21.3. The van der Waals surface area contributed by atoms with Crippen LogP contribution in [0.4, 0.5) is 0 Å². The van der Waals surface area contributed by atoms with Crippen LogP contribution in [0.2, 0.25) is 0 Å². The number of nitrogens with zero attached hydrogens (tertiary/aromatic N) is 7. The average Bonchev–Trinajstić information content (AvgIpc) is 3.69. The van der Waals surface area contributed by atoms with Crippen LogP contribution in [0, 0.1) is 17.2 Å². The first-order valence-corrected chi connectivity index (χ1v) is 13.4. The molecule has 0 radical (unpaired) electrons. The zero-order chi connectivity index (χ0) is 25.7. The quantitative estimate of drug-likeness (QED) is 0.446. The van der Waals surface area contributed by atoms with Crippen LogP contribution in [0.3, 0.4) is 0 Å². The van der Waals surface area contributed by atoms with Crippen molar-refractivity contribution in [1.29, 1.82) is 5.26 Å². The summed E-state index contributed by atoms with van der Waals surface area (Å²) < 4.78 is 1.97. The van der Waals surface area contributed by atoms with E-state index in [4.69, 9.17) is 0 Å². The zero-order valence-corrected chi connectivity index (χ0v) is 21.3. The van der Waals surface area contributed by atoms with Crippen LogP contribution in [0.5, 0.6) is 0 Å². The fourth-order valence-electron chi connectivity index (χ4n) is 6.70. The standard InChI is InChI=1S/C29H30N8O/c30-9-8-29(37-16-23(15-34-37)26-25-5-10-31-27(25)33-19-32-26)17-36(18-29)24-6-11-35(12-7-24)28(38)22-13-20-3-1-2-4-21(20)14-22/h1-5,10,15-16,19,22,24H,6-8,11-14,17-18H2,(H,31,32,33). The maximum atomic E-state index is 13.2. The maximum Gasteiger partial charge on any atom is 0.226 e. The van der Waals surface area contributed by atoms with E-state index in [-0.39, 0.29) is 11.5 Å². The molecule has 192 valence electrons. The van der Waals surface area contributed by atoms with E-state index in [1.807, 2.05) is 29.3 Å². The molecule has 2 saturated heterocycles. The van der Waals surface area contributed by atoms with E-state index in [9.17, 15) is 10.1 Å². The Hall–Kier alpha value is -4.03. The number of piperidine rings is 1. The van der Waals surface area contributed by atoms with Crippen LogP contribution in [-0.4, -0.2) is 72.7 Å². The highest BCUT2D eigenvalue weighted by atomic mass is 16.2. The third-order valence-electron chi connectivity index (χ3n) is 8.79. The minimum absolute atomic E-state index is 0.0904. The number of H-pyrrole nitrogens is 1. The normalized spacial score (nSPS) is 19.8. The molecule has 1 amide bonds. The molecule has 2 fully saturated rings. The van der Waals surface area contributed by atoms with E-state index in [1.54, 1.807) is 6.33 Å². The number of rotatable bonds is 5. The lowest BCUT2D eigenvalue weighted by atomic mass is 9.83. The van der Waals surface area contributed by atoms with Gasteiger partial charge in [-0.3, -0.25) is 14.4 Å². The number of nitriles is 1. The Morgan fingerprint density at radius 2 is 1.87 bits per heavy atom. The number of carbonyl (C=O) groups excluding carboxylic acids is 1. The van der Waals surface area contributed by atoms with E-state index in [0.717, 1.165) is 74.2 Å². The second-order valence-electron chi connectivity index (χ2n) is 11.0. The van der Waals surface area contributed by atoms with Crippen LogP contribution in [0.15, 0.2) is 55.2 Å². The van der Waals surface area contributed by atoms with Crippen LogP contribution in [0.25, 0.3) is 22.3 Å². The van der Waals surface area contributed by atoms with Crippen molar-refractivity contribution in [2.45, 2.75) is 43.7 Å². The van der Waals surface area contributed by atoms with Crippen molar-refractivity contribution < 1.29 is 4.79 Å². The molecule has 9 nitrogen and oxygen atoms in total. The van der Waals surface area contributed by atoms with E-state index in [0.29, 0.717) is 18.4 Å². The van der Waals surface area contributed by atoms with Gasteiger partial charge in [-0.15, -0.1) is 0 Å². The van der Waals surface area contributed by atoms with Crippen molar-refractivity contribution in [2.24, 2.45) is 5.92 Å². The van der Waals surface area contributed by atoms with E-state index >= 15 is 0 Å². The van der Waals surface area contributed by atoms with Gasteiger partial charge in [-0.1, -0.05) is 24.3 Å². The number of aromatic nitrogens is 5. The first-order valence-electron chi connectivity index (χ1n) is 13.4. The summed E-state index contributed by atoms with van der Waals surface area (Å²) in [6.45, 7) is 3.21. The molecule has 7 rings (SSSR count). The summed E-state index contributed by atoms with van der Waals surface area (Å²) in [5, 5.41) is 15.3. The molecule has 3 aliphatic rings. The van der Waals surface area contributed by atoms with Crippen LogP contribution >= 0.6 is 0 Å². The minimum atomic E-state index is -0.333. The van der Waals surface area contributed by atoms with Gasteiger partial charge in [0, 0.05) is 61.5 Å². The van der Waals surface area contributed by atoms with Gasteiger partial charge >= 0.3 is 0 Å². The summed E-state index contributed by atoms with van der Waals surface area (Å²) in [5.41, 5.74) is 4.89. The van der Waals surface area contributed by atoms with Gasteiger partial charge in [-0.05, 0) is 42.9 Å². The van der Waals surface area contributed by atoms with Gasteiger partial charge < -0.3 is 9.88 Å². The third-order valence-corrected chi connectivity index (χ3v) is 8.79. The topological polar surface area (TPSA) is 107 Å². The molecule has 3 aromatic heterocycles. The van der Waals surface area contributed by atoms with Crippen LogP contribution in [0.1, 0.15) is 30.4 Å². The molecule has 1 aromatic carbocycles. The Bertz CT molecular complexity index is 1510. The van der Waals surface area contributed by atoms with E-state index in [2.05, 4.69) is 60.2 Å². The molecule has 0 saturated carbocycles. The summed E-state index contributed by atoms with van der Waals surface area (Å²) in [4.78, 5) is 29.7. The van der Waals surface area contributed by atoms with Gasteiger partial charge in [0.1, 0.15) is 17.5 Å². The predicted octanol–water partition coefficient (Wildman–Crippen LogP) is 3.15. The molecule has 9 heteroatoms. The predicted molar refractivity (Wildman–Crippen MR) is 142 cm³/mol. The van der Waals surface area contributed by atoms with E-state index in [1.165, 1.54) is 11.1 Å². The number of aromatic amines is 1. The maximum absolute atomic E-state index is 13.2. The molecular formula is C29H30N8O. The van der Waals surface area contributed by atoms with Gasteiger partial charge in [0.15, 0.2) is 0 Å². The van der Waals surface area contributed by atoms with Gasteiger partial charge in [0.05, 0.1) is 24.4 Å². The molecule has 0 unspecified atom stereocenters. The van der Waals surface area contributed by atoms with Crippen molar-refractivity contribution >= 4 is 16.9 Å². The fourth-order valence-corrected chi connectivity index (χ4v) is 6.70. The van der Waals surface area contributed by atoms with Crippen LogP contribution in [-0.2, 0) is 23.2 Å². The Labute approximate surface area is 221 Å². The number of hydrogen-bond donors (Lipinski definition) is 1. The lowest BCUT2D eigenvalue weighted by Crippen LogP contribution is -2.66. The van der Waals surface area contributed by atoms with Crippen molar-refractivity contribution in [2.75, 3.05) is 26.2 Å². The molecule has 0 spiro atoms. The number of fused-ring (bicyclic) bond motifs is 2. The Morgan fingerprint density at radius 3 is 2.61 bits per heavy atom. The second kappa shape index (κ2) is 9.07. The highest BCUT2D eigenvalue weighted by Crippen LogP contribution is 2.37. The Morgan fingerprint density at radius 1 is 1.11 bits per heavy atom. The van der Waals surface area contributed by atoms with Crippen molar-refractivity contribution in [3.8, 4) is 17.3 Å². The molecule has 38 heavy (non-hydrogen) atoms. The fraction of sp³-hybridized carbons (Fsp3) is 0.414. The first kappa shape index (κ1) is 23.1. The van der Waals surface area contributed by atoms with Crippen LogP contribution < -0.4 is 0 Å². The monoisotopic (exact) mass is 506 g/mol. The summed E-state index contributed by atoms with van der Waals surface area (Å²) in [6, 6.07) is 13.2. The molecule has 4 aromatic rings. The second-order valence-corrected chi connectivity index (χ2v) is 11.0. The smallest absolute Gasteiger partial charge is 0.226 e. The lowest BCUT2D eigenvalue weighted by molar-refractivity contribution is -0.137. The number of amides is 1. The number of likely N-dealkylation sites (tertiary alicyclic amines) is 2. The highest BCUT2D eigenvalue weighted by Gasteiger charge is 2.48. The third kappa shape index (κ3) is 3.79. The van der Waals surface area contributed by atoms with Crippen molar-refractivity contribution in [1.82, 2.24) is 34.5 Å². The van der Waals surface area contributed by atoms with Gasteiger partial charge in [-0.25, -0.2) is 9.97 Å². The SMILES string of the molecule is N#CCC1(n2cc(-c3ncnc4[nH]ccc34)cn2)CN(C2CCN(C(=O)C3Cc4ccccc4C3)CC2)C1. The van der Waals surface area contributed by atoms with E-state index < -0.39 is 0 Å². The number of benzene rings is 1. The molecule has 0 bridgehead atoms. The molecule has 5 heterocycles. The highest BCUT2D eigenvalue weighted by molar-refractivity contribution is 5.90. The van der Waals surface area contributed by atoms with Gasteiger partial charge in [0.25, 0.3) is 0 Å². The minimum Gasteiger partial charge on any atom is -0.346 e. The van der Waals surface area contributed by atoms with Crippen molar-refractivity contribution in [3.63, 3.8) is 0 Å². The first-order chi connectivity index (χ1) is 18.6. The molecule has 1 N–H and O–H groups in total. The largest absolute Gasteiger partial charge is 0.346 e. The van der Waals surface area contributed by atoms with Crippen molar-refractivity contribution in [3.05, 3.63) is 66.4 Å². The number of hydrogen-bond acceptors (Lipinski definition) is 6. The van der Waals surface area contributed by atoms with Gasteiger partial charge in [-0.2, -0.15) is 10.4 Å². The molecular weight excluding hydrogens is 476 g/mol. The number of nitrogens with one attached hydrogen (secondary N) is 1. The molecule has 1 aliphatic carbocycles. The average molecular weight is 507 g/mol.